The van der Waals surface area contributed by atoms with Gasteiger partial charge in [0, 0.05) is 17.5 Å². The maximum atomic E-state index is 13.9. The van der Waals surface area contributed by atoms with Gasteiger partial charge in [-0.1, -0.05) is 52.1 Å². The van der Waals surface area contributed by atoms with E-state index in [-0.39, 0.29) is 31.9 Å². The Balaban J connectivity index is 2.01. The van der Waals surface area contributed by atoms with Gasteiger partial charge < -0.3 is 10.6 Å². The van der Waals surface area contributed by atoms with Gasteiger partial charge in [-0.05, 0) is 29.8 Å². The summed E-state index contributed by atoms with van der Waals surface area (Å²) >= 11 is 17.6. The minimum absolute atomic E-state index is 0.0468. The molecule has 1 aliphatic heterocycles. The van der Waals surface area contributed by atoms with E-state index in [1.54, 1.807) is 0 Å². The van der Waals surface area contributed by atoms with Gasteiger partial charge in [-0.25, -0.2) is 0 Å². The molecular formula is C17H10Cl3F3N2O2. The van der Waals surface area contributed by atoms with E-state index < -0.39 is 24.1 Å². The van der Waals surface area contributed by atoms with Crippen LogP contribution in [-0.2, 0) is 10.4 Å². The zero-order valence-electron chi connectivity index (χ0n) is 13.3. The molecule has 2 N–H and O–H groups in total. The van der Waals surface area contributed by atoms with Crippen LogP contribution < -0.4 is 5.73 Å². The van der Waals surface area contributed by atoms with E-state index in [1.807, 2.05) is 0 Å². The number of hydrogen-bond donors (Lipinski definition) is 1. The highest BCUT2D eigenvalue weighted by Crippen LogP contribution is 2.50. The summed E-state index contributed by atoms with van der Waals surface area (Å²) in [6, 6.07) is 7.77. The molecular weight excluding hydrogens is 428 g/mol. The number of hydrogen-bond acceptors (Lipinski definition) is 3. The van der Waals surface area contributed by atoms with E-state index in [4.69, 9.17) is 45.4 Å². The Morgan fingerprint density at radius 3 is 2.15 bits per heavy atom. The van der Waals surface area contributed by atoms with E-state index in [0.29, 0.717) is 5.56 Å². The van der Waals surface area contributed by atoms with E-state index in [0.717, 1.165) is 12.1 Å². The molecule has 1 heterocycles. The fourth-order valence-electron chi connectivity index (χ4n) is 2.67. The number of halogens is 6. The lowest BCUT2D eigenvalue weighted by Crippen LogP contribution is -2.42. The van der Waals surface area contributed by atoms with Crippen molar-refractivity contribution in [1.29, 1.82) is 0 Å². The number of nitrogens with two attached hydrogens (primary N) is 1. The highest BCUT2D eigenvalue weighted by molar-refractivity contribution is 6.48. The van der Waals surface area contributed by atoms with E-state index in [1.165, 1.54) is 24.3 Å². The Morgan fingerprint density at radius 1 is 1.11 bits per heavy atom. The molecule has 2 aromatic rings. The maximum Gasteiger partial charge on any atom is 0.435 e. The fraction of sp³-hybridized carbons (Fsp3) is 0.176. The Morgan fingerprint density at radius 2 is 1.67 bits per heavy atom. The lowest BCUT2D eigenvalue weighted by Gasteiger charge is -2.29. The van der Waals surface area contributed by atoms with Gasteiger partial charge in [0.1, 0.15) is 0 Å². The van der Waals surface area contributed by atoms with Crippen LogP contribution in [0.15, 0.2) is 41.6 Å². The third-order valence-electron chi connectivity index (χ3n) is 4.14. The average molecular weight is 438 g/mol. The van der Waals surface area contributed by atoms with E-state index in [9.17, 15) is 18.0 Å². The first-order chi connectivity index (χ1) is 12.5. The molecule has 0 unspecified atom stereocenters. The van der Waals surface area contributed by atoms with Gasteiger partial charge in [-0.3, -0.25) is 4.79 Å². The summed E-state index contributed by atoms with van der Waals surface area (Å²) in [6.45, 7) is 0. The maximum absolute atomic E-state index is 13.9. The first-order valence-corrected chi connectivity index (χ1v) is 8.55. The number of alkyl halides is 3. The molecule has 142 valence electrons. The van der Waals surface area contributed by atoms with Gasteiger partial charge >= 0.3 is 6.18 Å². The summed E-state index contributed by atoms with van der Waals surface area (Å²) < 4.78 is 41.8. The molecule has 0 spiro atoms. The summed E-state index contributed by atoms with van der Waals surface area (Å²) in [5, 5.41) is 3.30. The van der Waals surface area contributed by atoms with Crippen molar-refractivity contribution < 1.29 is 22.8 Å². The van der Waals surface area contributed by atoms with Gasteiger partial charge in [0.25, 0.3) is 5.60 Å². The van der Waals surface area contributed by atoms with Crippen LogP contribution >= 0.6 is 34.8 Å². The number of benzene rings is 2. The summed E-state index contributed by atoms with van der Waals surface area (Å²) in [5.74, 6) is -0.652. The number of primary amides is 1. The molecule has 4 nitrogen and oxygen atoms in total. The van der Waals surface area contributed by atoms with Crippen molar-refractivity contribution in [3.05, 3.63) is 68.2 Å². The normalized spacial score (nSPS) is 19.6. The van der Waals surface area contributed by atoms with Crippen LogP contribution in [0.5, 0.6) is 0 Å². The molecule has 0 fully saturated rings. The lowest BCUT2D eigenvalue weighted by atomic mass is 9.86. The Labute approximate surface area is 166 Å². The molecule has 27 heavy (non-hydrogen) atoms. The number of nitrogens with zero attached hydrogens (tertiary/aromatic N) is 1. The fourth-order valence-corrected chi connectivity index (χ4v) is 3.27. The number of rotatable bonds is 3. The van der Waals surface area contributed by atoms with Gasteiger partial charge in [0.2, 0.25) is 5.91 Å². The van der Waals surface area contributed by atoms with Crippen LogP contribution in [0.3, 0.4) is 0 Å². The van der Waals surface area contributed by atoms with Crippen LogP contribution in [0.4, 0.5) is 13.2 Å². The first-order valence-electron chi connectivity index (χ1n) is 7.42. The molecule has 3 rings (SSSR count). The quantitative estimate of drug-likeness (QED) is 0.660. The second kappa shape index (κ2) is 6.89. The minimum Gasteiger partial charge on any atom is -0.374 e. The lowest BCUT2D eigenvalue weighted by molar-refractivity contribution is -0.275. The second-order valence-corrected chi connectivity index (χ2v) is 7.02. The predicted octanol–water partition coefficient (Wildman–Crippen LogP) is 5.33. The standard InChI is InChI=1S/C17H10Cl3F3N2O2/c18-11-5-10(6-12(19)14(11)20)16(17(21,22)23)7-13(25-27-16)8-1-3-9(4-2-8)15(24)26/h1-6H,7H2,(H2,24,26)/t16-/m0/s1. The average Bonchev–Trinajstić information content (AvgIpc) is 3.06. The minimum atomic E-state index is -4.81. The Kier molecular flexibility index (Phi) is 5.05. The highest BCUT2D eigenvalue weighted by Gasteiger charge is 2.62. The van der Waals surface area contributed by atoms with Gasteiger partial charge in [0.05, 0.1) is 20.8 Å². The summed E-state index contributed by atoms with van der Waals surface area (Å²) in [4.78, 5) is 16.0. The highest BCUT2D eigenvalue weighted by atomic mass is 35.5. The van der Waals surface area contributed by atoms with E-state index >= 15 is 0 Å². The summed E-state index contributed by atoms with van der Waals surface area (Å²) in [5.41, 5.74) is 2.70. The molecule has 1 atom stereocenters. The molecule has 0 aliphatic carbocycles. The van der Waals surface area contributed by atoms with Crippen molar-refractivity contribution in [2.75, 3.05) is 0 Å². The van der Waals surface area contributed by atoms with Crippen LogP contribution in [0.2, 0.25) is 15.1 Å². The van der Waals surface area contributed by atoms with Crippen molar-refractivity contribution in [2.45, 2.75) is 18.2 Å². The molecule has 1 aliphatic rings. The molecule has 1 amide bonds. The zero-order chi connectivity index (χ0) is 20.0. The predicted molar refractivity (Wildman–Crippen MR) is 96.4 cm³/mol. The van der Waals surface area contributed by atoms with Crippen LogP contribution in [0.1, 0.15) is 27.9 Å². The number of oxime groups is 1. The monoisotopic (exact) mass is 436 g/mol. The van der Waals surface area contributed by atoms with Crippen molar-refractivity contribution >= 4 is 46.4 Å². The topological polar surface area (TPSA) is 64.7 Å². The number of carbonyl (C=O) groups is 1. The zero-order valence-corrected chi connectivity index (χ0v) is 15.5. The third-order valence-corrected chi connectivity index (χ3v) is 5.34. The summed E-state index contributed by atoms with van der Waals surface area (Å²) in [7, 11) is 0. The Bertz CT molecular complexity index is 922. The third kappa shape index (κ3) is 3.47. The molecule has 2 aromatic carbocycles. The smallest absolute Gasteiger partial charge is 0.374 e. The van der Waals surface area contributed by atoms with Crippen molar-refractivity contribution in [3.63, 3.8) is 0 Å². The van der Waals surface area contributed by atoms with Gasteiger partial charge in [-0.2, -0.15) is 13.2 Å². The molecule has 0 bridgehead atoms. The van der Waals surface area contributed by atoms with Crippen LogP contribution in [-0.4, -0.2) is 17.8 Å². The largest absolute Gasteiger partial charge is 0.435 e. The summed E-state index contributed by atoms with van der Waals surface area (Å²) in [6.07, 6.45) is -5.42. The van der Waals surface area contributed by atoms with E-state index in [2.05, 4.69) is 5.16 Å². The molecule has 10 heteroatoms. The first kappa shape index (κ1) is 19.8. The van der Waals surface area contributed by atoms with Crippen molar-refractivity contribution in [1.82, 2.24) is 0 Å². The number of carbonyl (C=O) groups excluding carboxylic acids is 1. The van der Waals surface area contributed by atoms with Crippen LogP contribution in [0, 0.1) is 0 Å². The SMILES string of the molecule is NC(=O)c1ccc(C2=NO[C@@](c3cc(Cl)c(Cl)c(Cl)c3)(C(F)(F)F)C2)cc1. The molecule has 0 saturated carbocycles. The second-order valence-electron chi connectivity index (χ2n) is 5.83. The Hall–Kier alpha value is -1.96. The van der Waals surface area contributed by atoms with Crippen molar-refractivity contribution in [2.24, 2.45) is 10.9 Å². The van der Waals surface area contributed by atoms with Crippen LogP contribution in [0.25, 0.3) is 0 Å². The molecule has 0 radical (unpaired) electrons. The molecule has 0 saturated heterocycles. The van der Waals surface area contributed by atoms with Gasteiger partial charge in [0.15, 0.2) is 0 Å². The number of amides is 1. The van der Waals surface area contributed by atoms with Gasteiger partial charge in [-0.15, -0.1) is 0 Å². The van der Waals surface area contributed by atoms with Crippen molar-refractivity contribution in [3.8, 4) is 0 Å². The molecule has 0 aromatic heterocycles.